The van der Waals surface area contributed by atoms with E-state index in [1.807, 2.05) is 30.3 Å². The van der Waals surface area contributed by atoms with Crippen LogP contribution in [0.3, 0.4) is 0 Å². The summed E-state index contributed by atoms with van der Waals surface area (Å²) >= 11 is 1.50. The van der Waals surface area contributed by atoms with Crippen LogP contribution in [-0.2, 0) is 16.1 Å². The second-order valence-electron chi connectivity index (χ2n) is 8.14. The minimum atomic E-state index is -0.351. The van der Waals surface area contributed by atoms with Gasteiger partial charge in [-0.15, -0.1) is 11.8 Å². The molecule has 2 aromatic heterocycles. The van der Waals surface area contributed by atoms with Crippen molar-refractivity contribution >= 4 is 46.2 Å². The SMILES string of the molecule is COc1ccc2nccc(CNCCCC3CN(c4ccc5c(c4)NC(=O)CS5)C(=O)O3)c2n1. The highest BCUT2D eigenvalue weighted by Crippen LogP contribution is 2.35. The third-order valence-corrected chi connectivity index (χ3v) is 6.90. The van der Waals surface area contributed by atoms with Gasteiger partial charge in [-0.05, 0) is 55.3 Å². The Hall–Kier alpha value is -3.37. The highest BCUT2D eigenvalue weighted by molar-refractivity contribution is 8.00. The van der Waals surface area contributed by atoms with Crippen LogP contribution in [0.25, 0.3) is 11.0 Å². The van der Waals surface area contributed by atoms with Crippen molar-refractivity contribution in [3.8, 4) is 5.88 Å². The van der Waals surface area contributed by atoms with Crippen molar-refractivity contribution in [2.45, 2.75) is 30.4 Å². The highest BCUT2D eigenvalue weighted by Gasteiger charge is 2.32. The van der Waals surface area contributed by atoms with Gasteiger partial charge in [0.1, 0.15) is 6.10 Å². The molecule has 1 unspecified atom stereocenters. The predicted molar refractivity (Wildman–Crippen MR) is 130 cm³/mol. The first-order valence-corrected chi connectivity index (χ1v) is 12.1. The van der Waals surface area contributed by atoms with Crippen LogP contribution in [0.15, 0.2) is 47.5 Å². The minimum Gasteiger partial charge on any atom is -0.481 e. The van der Waals surface area contributed by atoms with E-state index < -0.39 is 0 Å². The van der Waals surface area contributed by atoms with Gasteiger partial charge in [-0.2, -0.15) is 0 Å². The molecule has 3 aromatic rings. The van der Waals surface area contributed by atoms with E-state index in [2.05, 4.69) is 20.6 Å². The number of hydrogen-bond acceptors (Lipinski definition) is 8. The number of amides is 2. The summed E-state index contributed by atoms with van der Waals surface area (Å²) in [5, 5.41) is 6.31. The van der Waals surface area contributed by atoms with Crippen LogP contribution in [0.1, 0.15) is 18.4 Å². The fourth-order valence-corrected chi connectivity index (χ4v) is 4.91. The summed E-state index contributed by atoms with van der Waals surface area (Å²) in [5.74, 6) is 0.948. The predicted octanol–water partition coefficient (Wildman–Crippen LogP) is 3.58. The van der Waals surface area contributed by atoms with Crippen molar-refractivity contribution in [3.63, 3.8) is 0 Å². The fourth-order valence-electron chi connectivity index (χ4n) is 4.12. The van der Waals surface area contributed by atoms with Crippen LogP contribution in [0.4, 0.5) is 16.2 Å². The lowest BCUT2D eigenvalue weighted by molar-refractivity contribution is -0.113. The van der Waals surface area contributed by atoms with Crippen LogP contribution in [0.2, 0.25) is 0 Å². The van der Waals surface area contributed by atoms with Crippen molar-refractivity contribution in [2.24, 2.45) is 0 Å². The van der Waals surface area contributed by atoms with E-state index in [9.17, 15) is 9.59 Å². The number of fused-ring (bicyclic) bond motifs is 2. The second-order valence-corrected chi connectivity index (χ2v) is 9.16. The number of anilines is 2. The molecule has 0 radical (unpaired) electrons. The van der Waals surface area contributed by atoms with Crippen molar-refractivity contribution < 1.29 is 19.1 Å². The van der Waals surface area contributed by atoms with Crippen LogP contribution < -0.4 is 20.3 Å². The molecule has 4 heterocycles. The molecule has 1 aromatic carbocycles. The molecule has 9 nitrogen and oxygen atoms in total. The number of pyridine rings is 2. The average molecular weight is 480 g/mol. The zero-order chi connectivity index (χ0) is 23.5. The molecule has 34 heavy (non-hydrogen) atoms. The van der Waals surface area contributed by atoms with E-state index in [1.54, 1.807) is 24.3 Å². The number of cyclic esters (lactones) is 1. The molecule has 0 spiro atoms. The maximum absolute atomic E-state index is 12.4. The molecular formula is C24H25N5O4S. The van der Waals surface area contributed by atoms with E-state index in [0.29, 0.717) is 24.7 Å². The van der Waals surface area contributed by atoms with Gasteiger partial charge in [0.15, 0.2) is 0 Å². The Morgan fingerprint density at radius 1 is 1.26 bits per heavy atom. The van der Waals surface area contributed by atoms with Gasteiger partial charge in [-0.1, -0.05) is 0 Å². The lowest BCUT2D eigenvalue weighted by Gasteiger charge is -2.20. The van der Waals surface area contributed by atoms with E-state index in [4.69, 9.17) is 9.47 Å². The summed E-state index contributed by atoms with van der Waals surface area (Å²) in [6, 6.07) is 11.3. The van der Waals surface area contributed by atoms with E-state index in [-0.39, 0.29) is 18.1 Å². The first kappa shape index (κ1) is 22.4. The molecule has 5 rings (SSSR count). The van der Waals surface area contributed by atoms with Gasteiger partial charge in [0, 0.05) is 29.4 Å². The number of benzene rings is 1. The molecule has 1 fully saturated rings. The van der Waals surface area contributed by atoms with Gasteiger partial charge in [0.25, 0.3) is 0 Å². The maximum Gasteiger partial charge on any atom is 0.414 e. The Balaban J connectivity index is 1.12. The highest BCUT2D eigenvalue weighted by atomic mass is 32.2. The molecule has 10 heteroatoms. The molecule has 2 amide bonds. The Morgan fingerprint density at radius 3 is 3.06 bits per heavy atom. The van der Waals surface area contributed by atoms with Crippen LogP contribution in [0.5, 0.6) is 5.88 Å². The summed E-state index contributed by atoms with van der Waals surface area (Å²) in [5.41, 5.74) is 4.20. The summed E-state index contributed by atoms with van der Waals surface area (Å²) in [6.07, 6.45) is 2.89. The molecular weight excluding hydrogens is 454 g/mol. The number of thioether (sulfide) groups is 1. The number of rotatable bonds is 8. The van der Waals surface area contributed by atoms with E-state index in [1.165, 1.54) is 11.8 Å². The Bertz CT molecular complexity index is 1240. The molecule has 2 aliphatic rings. The Morgan fingerprint density at radius 2 is 2.18 bits per heavy atom. The number of aromatic nitrogens is 2. The summed E-state index contributed by atoms with van der Waals surface area (Å²) in [4.78, 5) is 35.6. The number of methoxy groups -OCH3 is 1. The van der Waals surface area contributed by atoms with Crippen LogP contribution >= 0.6 is 11.8 Å². The molecule has 2 N–H and O–H groups in total. The first-order valence-electron chi connectivity index (χ1n) is 11.1. The second kappa shape index (κ2) is 9.86. The van der Waals surface area contributed by atoms with E-state index in [0.717, 1.165) is 52.3 Å². The number of carbonyl (C=O) groups excluding carboxylic acids is 2. The summed E-state index contributed by atoms with van der Waals surface area (Å²) in [6.45, 7) is 1.94. The number of nitrogens with one attached hydrogen (secondary N) is 2. The van der Waals surface area contributed by atoms with Gasteiger partial charge >= 0.3 is 6.09 Å². The molecule has 0 saturated carbocycles. The van der Waals surface area contributed by atoms with Crippen molar-refractivity contribution in [1.82, 2.24) is 15.3 Å². The summed E-state index contributed by atoms with van der Waals surface area (Å²) < 4.78 is 10.8. The largest absolute Gasteiger partial charge is 0.481 e. The van der Waals surface area contributed by atoms with Gasteiger partial charge in [-0.25, -0.2) is 9.78 Å². The van der Waals surface area contributed by atoms with Crippen molar-refractivity contribution in [2.75, 3.05) is 36.2 Å². The van der Waals surface area contributed by atoms with Crippen LogP contribution in [0, 0.1) is 0 Å². The van der Waals surface area contributed by atoms with E-state index >= 15 is 0 Å². The monoisotopic (exact) mass is 479 g/mol. The molecule has 0 bridgehead atoms. The lowest BCUT2D eigenvalue weighted by atomic mass is 10.1. The maximum atomic E-state index is 12.4. The Labute approximate surface area is 201 Å². The van der Waals surface area contributed by atoms with Crippen molar-refractivity contribution in [3.05, 3.63) is 48.2 Å². The van der Waals surface area contributed by atoms with Gasteiger partial charge in [-0.3, -0.25) is 14.7 Å². The number of hydrogen-bond donors (Lipinski definition) is 2. The quantitative estimate of drug-likeness (QED) is 0.473. The van der Waals surface area contributed by atoms with Gasteiger partial charge < -0.3 is 20.1 Å². The number of ether oxygens (including phenoxy) is 2. The fraction of sp³-hybridized carbons (Fsp3) is 0.333. The first-order chi connectivity index (χ1) is 16.6. The Kier molecular flexibility index (Phi) is 6.50. The van der Waals surface area contributed by atoms with Gasteiger partial charge in [0.05, 0.1) is 36.1 Å². The lowest BCUT2D eigenvalue weighted by Crippen LogP contribution is -2.25. The molecule has 1 atom stereocenters. The normalized spacial score (nSPS) is 17.4. The minimum absolute atomic E-state index is 0.0290. The molecule has 1 saturated heterocycles. The zero-order valence-corrected chi connectivity index (χ0v) is 19.6. The van der Waals surface area contributed by atoms with Crippen molar-refractivity contribution in [1.29, 1.82) is 0 Å². The van der Waals surface area contributed by atoms with Crippen LogP contribution in [-0.4, -0.2) is 54.0 Å². The number of nitrogens with zero attached hydrogens (tertiary/aromatic N) is 3. The molecule has 0 aliphatic carbocycles. The smallest absolute Gasteiger partial charge is 0.414 e. The standard InChI is InChI=1S/C24H25N5O4S/c1-32-22-7-5-18-23(28-22)15(8-10-26-18)12-25-9-2-3-17-13-29(24(31)33-17)16-4-6-20-19(11-16)27-21(30)14-34-20/h4-8,10-11,17,25H,2-3,9,12-14H2,1H3,(H,27,30). The molecule has 2 aliphatic heterocycles. The third kappa shape index (κ3) is 4.78. The average Bonchev–Trinajstić information content (AvgIpc) is 3.23. The zero-order valence-electron chi connectivity index (χ0n) is 18.7. The topological polar surface area (TPSA) is 106 Å². The summed E-state index contributed by atoms with van der Waals surface area (Å²) in [7, 11) is 1.60. The molecule has 176 valence electrons. The number of carbonyl (C=O) groups is 2. The third-order valence-electron chi connectivity index (χ3n) is 5.83. The van der Waals surface area contributed by atoms with Gasteiger partial charge in [0.2, 0.25) is 11.8 Å².